The molecule has 10 nitrogen and oxygen atoms in total. The zero-order valence-corrected chi connectivity index (χ0v) is 24.1. The van der Waals surface area contributed by atoms with Crippen LogP contribution in [0.3, 0.4) is 0 Å². The van der Waals surface area contributed by atoms with Gasteiger partial charge < -0.3 is 28.8 Å². The van der Waals surface area contributed by atoms with E-state index in [2.05, 4.69) is 20.8 Å². The van der Waals surface area contributed by atoms with Crippen molar-refractivity contribution in [2.24, 2.45) is 0 Å². The molecule has 2 fully saturated rings. The van der Waals surface area contributed by atoms with Gasteiger partial charge in [0.2, 0.25) is 10.8 Å². The van der Waals surface area contributed by atoms with Crippen molar-refractivity contribution in [1.82, 2.24) is 4.90 Å². The molecule has 2 aliphatic heterocycles. The van der Waals surface area contributed by atoms with Crippen LogP contribution in [-0.2, 0) is 28.2 Å². The van der Waals surface area contributed by atoms with Crippen molar-refractivity contribution in [3.63, 3.8) is 0 Å². The minimum atomic E-state index is -2.27. The van der Waals surface area contributed by atoms with Gasteiger partial charge in [0, 0.05) is 18.2 Å². The topological polar surface area (TPSA) is 132 Å². The average Bonchev–Trinajstić information content (AvgIpc) is 3.16. The first-order valence-corrected chi connectivity index (χ1v) is 15.9. The Morgan fingerprint density at radius 1 is 1.24 bits per heavy atom. The Morgan fingerprint density at radius 3 is 2.41 bits per heavy atom. The van der Waals surface area contributed by atoms with Crippen molar-refractivity contribution in [3.05, 3.63) is 30.3 Å². The van der Waals surface area contributed by atoms with E-state index < -0.39 is 61.7 Å². The maximum Gasteiger partial charge on any atom is 0.417 e. The van der Waals surface area contributed by atoms with Gasteiger partial charge in [-0.05, 0) is 30.3 Å². The summed E-state index contributed by atoms with van der Waals surface area (Å²) < 4.78 is 22.9. The third-order valence-corrected chi connectivity index (χ3v) is 13.0. The Hall–Kier alpha value is -1.96. The zero-order valence-electron chi connectivity index (χ0n) is 22.3. The van der Waals surface area contributed by atoms with E-state index in [1.807, 2.05) is 19.2 Å². The van der Waals surface area contributed by atoms with Gasteiger partial charge in [-0.3, -0.25) is 4.79 Å². The monoisotopic (exact) mass is 555 g/mol. The van der Waals surface area contributed by atoms with E-state index in [0.29, 0.717) is 4.90 Å². The van der Waals surface area contributed by atoms with E-state index in [0.717, 1.165) is 16.7 Å². The summed E-state index contributed by atoms with van der Waals surface area (Å²) in [6, 6.07) is 7.90. The summed E-state index contributed by atoms with van der Waals surface area (Å²) in [7, 11) is -1.06. The van der Waals surface area contributed by atoms with Crippen molar-refractivity contribution in [1.29, 1.82) is 0 Å². The molecule has 0 spiro atoms. The van der Waals surface area contributed by atoms with Crippen LogP contribution in [0.4, 0.5) is 4.79 Å². The van der Waals surface area contributed by atoms with Gasteiger partial charge in [-0.2, -0.15) is 0 Å². The van der Waals surface area contributed by atoms with Crippen LogP contribution in [-0.4, -0.2) is 90.5 Å². The van der Waals surface area contributed by atoms with Gasteiger partial charge in [0.1, 0.15) is 30.5 Å². The lowest BCUT2D eigenvalue weighted by Crippen LogP contribution is -2.64. The van der Waals surface area contributed by atoms with Crippen LogP contribution in [0, 0.1) is 0 Å². The third-order valence-electron chi connectivity index (χ3n) is 7.27. The minimum absolute atomic E-state index is 0.126. The fourth-order valence-electron chi connectivity index (χ4n) is 4.18. The number of hydrogen-bond donors (Lipinski definition) is 2. The van der Waals surface area contributed by atoms with Crippen LogP contribution < -0.4 is 0 Å². The van der Waals surface area contributed by atoms with Crippen LogP contribution in [0.25, 0.3) is 0 Å². The number of esters is 1. The molecular formula is C25H37NO9SSi. The molecule has 2 heterocycles. The van der Waals surface area contributed by atoms with Gasteiger partial charge in [-0.25, -0.2) is 14.5 Å². The molecule has 0 aliphatic carbocycles. The summed E-state index contributed by atoms with van der Waals surface area (Å²) >= 11 is 1.05. The number of carbonyl (C=O) groups is 3. The van der Waals surface area contributed by atoms with Crippen molar-refractivity contribution < 1.29 is 43.2 Å². The number of imide groups is 1. The number of hydrogen-bond acceptors (Lipinski definition) is 10. The third kappa shape index (κ3) is 6.04. The predicted octanol–water partition coefficient (Wildman–Crippen LogP) is 2.92. The van der Waals surface area contributed by atoms with Crippen LogP contribution in [0.15, 0.2) is 35.2 Å². The number of fused-ring (bicyclic) bond motifs is 1. The molecule has 6 atom stereocenters. The molecule has 1 unspecified atom stereocenters. The number of nitrogens with zero attached hydrogens (tertiary/aromatic N) is 1. The lowest BCUT2D eigenvalue weighted by molar-refractivity contribution is -0.204. The fraction of sp³-hybridized carbons (Fsp3) is 0.640. The number of rotatable bonds is 8. The number of benzene rings is 1. The van der Waals surface area contributed by atoms with Crippen LogP contribution in [0.5, 0.6) is 0 Å². The van der Waals surface area contributed by atoms with Crippen LogP contribution in [0.1, 0.15) is 34.1 Å². The molecule has 2 amide bonds. The predicted molar refractivity (Wildman–Crippen MR) is 138 cm³/mol. The van der Waals surface area contributed by atoms with Gasteiger partial charge in [0.25, 0.3) is 0 Å². The number of aliphatic hydroxyl groups is 2. The second-order valence-corrected chi connectivity index (χ2v) is 17.0. The molecule has 0 bridgehead atoms. The number of amides is 2. The van der Waals surface area contributed by atoms with E-state index in [1.54, 1.807) is 24.3 Å². The number of methoxy groups -OCH3 is 1. The van der Waals surface area contributed by atoms with Gasteiger partial charge >= 0.3 is 12.1 Å². The molecule has 1 aromatic carbocycles. The summed E-state index contributed by atoms with van der Waals surface area (Å²) in [5.74, 6) is -1.35. The first kappa shape index (κ1) is 29.6. The summed E-state index contributed by atoms with van der Waals surface area (Å²) in [5.41, 5.74) is 0. The standard InChI is InChI=1S/C25H37NO9SSi/c1-15(27)26-19-18(34-23(26)31)13-25(22(30)32-5,36-16-11-9-8-10-12-16)35-21(19)20(29)17(28)14-33-37(6,7)24(2,3)4/h8-12,17-21,28-29H,13-14H2,1-7H3/t17-,18?,19-,20-,21-,25-/m1/s1. The minimum Gasteiger partial charge on any atom is -0.466 e. The zero-order chi connectivity index (χ0) is 27.8. The van der Waals surface area contributed by atoms with E-state index in [1.165, 1.54) is 14.0 Å². The van der Waals surface area contributed by atoms with Crippen LogP contribution in [0.2, 0.25) is 18.1 Å². The Bertz CT molecular complexity index is 1000. The van der Waals surface area contributed by atoms with E-state index >= 15 is 0 Å². The first-order valence-electron chi connectivity index (χ1n) is 12.1. The Morgan fingerprint density at radius 2 is 1.86 bits per heavy atom. The summed E-state index contributed by atoms with van der Waals surface area (Å²) in [4.78, 5) is 38.0. The van der Waals surface area contributed by atoms with Crippen molar-refractivity contribution in [2.45, 2.75) is 92.5 Å². The largest absolute Gasteiger partial charge is 0.466 e. The Labute approximate surface area is 222 Å². The Balaban J connectivity index is 1.97. The highest BCUT2D eigenvalue weighted by Gasteiger charge is 2.62. The fourth-order valence-corrected chi connectivity index (χ4v) is 6.45. The summed E-state index contributed by atoms with van der Waals surface area (Å²) in [5, 5.41) is 22.2. The van der Waals surface area contributed by atoms with E-state index in [9.17, 15) is 24.6 Å². The van der Waals surface area contributed by atoms with Crippen molar-refractivity contribution >= 4 is 38.0 Å². The lowest BCUT2D eigenvalue weighted by atomic mass is 9.89. The molecule has 0 aromatic heterocycles. The van der Waals surface area contributed by atoms with Crippen molar-refractivity contribution in [2.75, 3.05) is 13.7 Å². The molecule has 3 rings (SSSR count). The second kappa shape index (κ2) is 11.0. The molecule has 206 valence electrons. The maximum absolute atomic E-state index is 13.1. The Kier molecular flexibility index (Phi) is 8.82. The lowest BCUT2D eigenvalue weighted by Gasteiger charge is -2.46. The molecule has 12 heteroatoms. The quantitative estimate of drug-likeness (QED) is 0.364. The van der Waals surface area contributed by atoms with E-state index in [4.69, 9.17) is 18.6 Å². The van der Waals surface area contributed by atoms with Gasteiger partial charge in [0.15, 0.2) is 8.32 Å². The molecule has 0 radical (unpaired) electrons. The number of ether oxygens (including phenoxy) is 3. The number of thioether (sulfide) groups is 1. The second-order valence-electron chi connectivity index (χ2n) is 10.9. The smallest absolute Gasteiger partial charge is 0.417 e. The SMILES string of the molecule is COC(=O)[C@]1(Sc2ccccc2)CC2OC(=O)N(C(C)=O)[C@H]2[C@H]([C@H](O)[C@H](O)CO[Si](C)(C)C(C)(C)C)O1. The molecule has 2 saturated heterocycles. The van der Waals surface area contributed by atoms with E-state index in [-0.39, 0.29) is 18.1 Å². The summed E-state index contributed by atoms with van der Waals surface area (Å²) in [6.45, 7) is 11.2. The molecular weight excluding hydrogens is 518 g/mol. The highest BCUT2D eigenvalue weighted by Crippen LogP contribution is 2.48. The normalized spacial score (nSPS) is 27.8. The molecule has 1 aromatic rings. The first-order chi connectivity index (χ1) is 17.1. The van der Waals surface area contributed by atoms with Crippen molar-refractivity contribution in [3.8, 4) is 0 Å². The number of aliphatic hydroxyl groups excluding tert-OH is 2. The average molecular weight is 556 g/mol. The molecule has 2 N–H and O–H groups in total. The molecule has 37 heavy (non-hydrogen) atoms. The highest BCUT2D eigenvalue weighted by atomic mass is 32.2. The highest BCUT2D eigenvalue weighted by molar-refractivity contribution is 8.01. The van der Waals surface area contributed by atoms with Gasteiger partial charge in [-0.1, -0.05) is 50.7 Å². The number of carbonyl (C=O) groups excluding carboxylic acids is 3. The van der Waals surface area contributed by atoms with Gasteiger partial charge in [-0.15, -0.1) is 0 Å². The molecule has 2 aliphatic rings. The molecule has 0 saturated carbocycles. The summed E-state index contributed by atoms with van der Waals surface area (Å²) in [6.07, 6.45) is -6.41. The maximum atomic E-state index is 13.1. The van der Waals surface area contributed by atoms with Gasteiger partial charge in [0.05, 0.1) is 13.7 Å². The van der Waals surface area contributed by atoms with Crippen LogP contribution >= 0.6 is 11.8 Å².